The summed E-state index contributed by atoms with van der Waals surface area (Å²) in [6, 6.07) is 6.69. The second-order valence-electron chi connectivity index (χ2n) is 6.19. The highest BCUT2D eigenvalue weighted by Gasteiger charge is 2.21. The molecule has 2 aliphatic rings. The number of halogens is 1. The molecule has 0 unspecified atom stereocenters. The van der Waals surface area contributed by atoms with Gasteiger partial charge in [-0.25, -0.2) is 0 Å². The van der Waals surface area contributed by atoms with Crippen LogP contribution in [0.5, 0.6) is 5.75 Å². The van der Waals surface area contributed by atoms with Crippen molar-refractivity contribution in [1.82, 2.24) is 5.32 Å². The zero-order valence-electron chi connectivity index (χ0n) is 12.0. The highest BCUT2D eigenvalue weighted by molar-refractivity contribution is 6.31. The molecule has 0 atom stereocenters. The molecule has 0 bridgehead atoms. The zero-order valence-corrected chi connectivity index (χ0v) is 12.8. The lowest BCUT2D eigenvalue weighted by atomic mass is 9.90. The van der Waals surface area contributed by atoms with Crippen LogP contribution in [-0.2, 0) is 6.54 Å². The topological polar surface area (TPSA) is 21.3 Å². The minimum Gasteiger partial charge on any atom is -0.493 e. The van der Waals surface area contributed by atoms with Gasteiger partial charge in [0.1, 0.15) is 5.75 Å². The standard InChI is InChI=1S/C17H24ClNO/c18-16-7-4-8-17(15(16)11-19-14-9-10-14)20-12-13-5-2-1-3-6-13/h4,7-8,13-14,19H,1-3,5-6,9-12H2. The van der Waals surface area contributed by atoms with Crippen LogP contribution in [0.2, 0.25) is 5.02 Å². The largest absolute Gasteiger partial charge is 0.493 e. The van der Waals surface area contributed by atoms with E-state index in [1.165, 1.54) is 44.9 Å². The van der Waals surface area contributed by atoms with Crippen LogP contribution >= 0.6 is 11.6 Å². The molecule has 1 N–H and O–H groups in total. The molecule has 2 saturated carbocycles. The van der Waals surface area contributed by atoms with Gasteiger partial charge in [-0.05, 0) is 43.7 Å². The van der Waals surface area contributed by atoms with Gasteiger partial charge in [-0.1, -0.05) is 36.9 Å². The van der Waals surface area contributed by atoms with Crippen molar-refractivity contribution in [3.05, 3.63) is 28.8 Å². The predicted molar refractivity (Wildman–Crippen MR) is 83.4 cm³/mol. The normalized spacial score (nSPS) is 20.1. The number of hydrogen-bond acceptors (Lipinski definition) is 2. The summed E-state index contributed by atoms with van der Waals surface area (Å²) in [4.78, 5) is 0. The number of ether oxygens (including phenoxy) is 1. The van der Waals surface area contributed by atoms with Crippen LogP contribution in [0.3, 0.4) is 0 Å². The van der Waals surface area contributed by atoms with E-state index in [0.717, 1.165) is 35.4 Å². The van der Waals surface area contributed by atoms with Crippen LogP contribution in [0.1, 0.15) is 50.5 Å². The molecule has 20 heavy (non-hydrogen) atoms. The van der Waals surface area contributed by atoms with Crippen molar-refractivity contribution >= 4 is 11.6 Å². The summed E-state index contributed by atoms with van der Waals surface area (Å²) in [6.45, 7) is 1.67. The molecule has 2 fully saturated rings. The first-order valence-electron chi connectivity index (χ1n) is 7.96. The van der Waals surface area contributed by atoms with Crippen molar-refractivity contribution in [3.8, 4) is 5.75 Å². The number of hydrogen-bond donors (Lipinski definition) is 1. The van der Waals surface area contributed by atoms with Crippen LogP contribution in [0, 0.1) is 5.92 Å². The molecule has 0 heterocycles. The van der Waals surface area contributed by atoms with Crippen LogP contribution in [0.4, 0.5) is 0 Å². The van der Waals surface area contributed by atoms with Gasteiger partial charge in [0.25, 0.3) is 0 Å². The summed E-state index contributed by atoms with van der Waals surface area (Å²) in [5.74, 6) is 1.70. The second-order valence-corrected chi connectivity index (χ2v) is 6.59. The van der Waals surface area contributed by atoms with Gasteiger partial charge in [-0.2, -0.15) is 0 Å². The van der Waals surface area contributed by atoms with Gasteiger partial charge in [0.2, 0.25) is 0 Å². The van der Waals surface area contributed by atoms with Crippen molar-refractivity contribution in [3.63, 3.8) is 0 Å². The Morgan fingerprint density at radius 1 is 1.10 bits per heavy atom. The van der Waals surface area contributed by atoms with Gasteiger partial charge in [0, 0.05) is 23.2 Å². The smallest absolute Gasteiger partial charge is 0.125 e. The van der Waals surface area contributed by atoms with E-state index in [1.807, 2.05) is 12.1 Å². The summed E-state index contributed by atoms with van der Waals surface area (Å²) in [7, 11) is 0. The molecule has 0 radical (unpaired) electrons. The Labute approximate surface area is 126 Å². The summed E-state index contributed by atoms with van der Waals surface area (Å²) in [5, 5.41) is 4.35. The first-order valence-corrected chi connectivity index (χ1v) is 8.34. The Balaban J connectivity index is 1.59. The van der Waals surface area contributed by atoms with E-state index in [1.54, 1.807) is 0 Å². The second kappa shape index (κ2) is 6.82. The first-order chi connectivity index (χ1) is 9.83. The summed E-state index contributed by atoms with van der Waals surface area (Å²) < 4.78 is 6.09. The monoisotopic (exact) mass is 293 g/mol. The van der Waals surface area contributed by atoms with E-state index in [-0.39, 0.29) is 0 Å². The first kappa shape index (κ1) is 14.2. The fourth-order valence-corrected chi connectivity index (χ4v) is 3.17. The van der Waals surface area contributed by atoms with E-state index in [4.69, 9.17) is 16.3 Å². The number of rotatable bonds is 6. The lowest BCUT2D eigenvalue weighted by Crippen LogP contribution is -2.18. The average molecular weight is 294 g/mol. The van der Waals surface area contributed by atoms with E-state index in [9.17, 15) is 0 Å². The Morgan fingerprint density at radius 3 is 2.65 bits per heavy atom. The Bertz CT molecular complexity index is 439. The Kier molecular flexibility index (Phi) is 4.85. The van der Waals surface area contributed by atoms with Crippen LogP contribution < -0.4 is 10.1 Å². The van der Waals surface area contributed by atoms with Gasteiger partial charge in [-0.15, -0.1) is 0 Å². The van der Waals surface area contributed by atoms with Crippen molar-refractivity contribution in [2.75, 3.05) is 6.61 Å². The van der Waals surface area contributed by atoms with Gasteiger partial charge in [-0.3, -0.25) is 0 Å². The van der Waals surface area contributed by atoms with Crippen molar-refractivity contribution in [2.45, 2.75) is 57.5 Å². The van der Waals surface area contributed by atoms with Gasteiger partial charge in [0.05, 0.1) is 6.61 Å². The lowest BCUT2D eigenvalue weighted by molar-refractivity contribution is 0.207. The van der Waals surface area contributed by atoms with Gasteiger partial charge < -0.3 is 10.1 Å². The SMILES string of the molecule is Clc1cccc(OCC2CCCCC2)c1CNC1CC1. The van der Waals surface area contributed by atoms with Crippen molar-refractivity contribution in [2.24, 2.45) is 5.92 Å². The molecule has 0 aliphatic heterocycles. The molecular weight excluding hydrogens is 270 g/mol. The van der Waals surface area contributed by atoms with Crippen LogP contribution in [-0.4, -0.2) is 12.6 Å². The molecule has 2 nitrogen and oxygen atoms in total. The summed E-state index contributed by atoms with van der Waals surface area (Å²) in [5.41, 5.74) is 1.12. The molecule has 110 valence electrons. The molecule has 0 saturated heterocycles. The third-order valence-corrected chi connectivity index (χ3v) is 4.77. The molecule has 0 aromatic heterocycles. The maximum atomic E-state index is 6.33. The Morgan fingerprint density at radius 2 is 1.90 bits per heavy atom. The van der Waals surface area contributed by atoms with E-state index in [0.29, 0.717) is 6.04 Å². The highest BCUT2D eigenvalue weighted by atomic mass is 35.5. The third kappa shape index (κ3) is 3.89. The van der Waals surface area contributed by atoms with E-state index < -0.39 is 0 Å². The third-order valence-electron chi connectivity index (χ3n) is 4.42. The molecule has 0 amide bonds. The fraction of sp³-hybridized carbons (Fsp3) is 0.647. The molecule has 1 aromatic carbocycles. The minimum absolute atomic E-state index is 0.692. The molecule has 0 spiro atoms. The molecule has 3 rings (SSSR count). The quantitative estimate of drug-likeness (QED) is 0.831. The molecule has 2 aliphatic carbocycles. The summed E-state index contributed by atoms with van der Waals surface area (Å²) in [6.07, 6.45) is 9.33. The lowest BCUT2D eigenvalue weighted by Gasteiger charge is -2.22. The number of benzene rings is 1. The average Bonchev–Trinajstić information content (AvgIpc) is 3.29. The zero-order chi connectivity index (χ0) is 13.8. The minimum atomic E-state index is 0.692. The maximum absolute atomic E-state index is 6.33. The maximum Gasteiger partial charge on any atom is 0.125 e. The molecular formula is C17H24ClNO. The molecule has 3 heteroatoms. The number of nitrogens with one attached hydrogen (secondary N) is 1. The van der Waals surface area contributed by atoms with Gasteiger partial charge >= 0.3 is 0 Å². The van der Waals surface area contributed by atoms with Crippen LogP contribution in [0.25, 0.3) is 0 Å². The van der Waals surface area contributed by atoms with Crippen LogP contribution in [0.15, 0.2) is 18.2 Å². The highest BCUT2D eigenvalue weighted by Crippen LogP contribution is 2.30. The van der Waals surface area contributed by atoms with Gasteiger partial charge in [0.15, 0.2) is 0 Å². The van der Waals surface area contributed by atoms with Crippen molar-refractivity contribution in [1.29, 1.82) is 0 Å². The molecule has 1 aromatic rings. The Hall–Kier alpha value is -0.730. The predicted octanol–water partition coefficient (Wildman–Crippen LogP) is 4.55. The van der Waals surface area contributed by atoms with E-state index >= 15 is 0 Å². The fourth-order valence-electron chi connectivity index (χ4n) is 2.94. The van der Waals surface area contributed by atoms with E-state index in [2.05, 4.69) is 11.4 Å². The summed E-state index contributed by atoms with van der Waals surface area (Å²) >= 11 is 6.33. The van der Waals surface area contributed by atoms with Crippen molar-refractivity contribution < 1.29 is 4.74 Å².